The number of hydrogen-bond donors (Lipinski definition) is 1. The Morgan fingerprint density at radius 3 is 2.76 bits per heavy atom. The molecule has 1 saturated heterocycles. The first-order valence-electron chi connectivity index (χ1n) is 7.31. The van der Waals surface area contributed by atoms with Crippen molar-refractivity contribution in [1.29, 1.82) is 0 Å². The summed E-state index contributed by atoms with van der Waals surface area (Å²) >= 11 is 0. The standard InChI is InChI=1S/C14H22N4O3/c1-4-18-12(11(15)9(3)16-18)13(19)17-8-6-7-10(17)14(20)21-5-2/h10H,4-8,15H2,1-3H3. The lowest BCUT2D eigenvalue weighted by Gasteiger charge is -2.23. The summed E-state index contributed by atoms with van der Waals surface area (Å²) < 4.78 is 6.64. The number of aromatic nitrogens is 2. The summed E-state index contributed by atoms with van der Waals surface area (Å²) in [4.78, 5) is 26.3. The number of anilines is 1. The third kappa shape index (κ3) is 2.72. The van der Waals surface area contributed by atoms with E-state index in [1.54, 1.807) is 23.4 Å². The largest absolute Gasteiger partial charge is 0.464 e. The van der Waals surface area contributed by atoms with Crippen molar-refractivity contribution in [2.45, 2.75) is 46.2 Å². The Hall–Kier alpha value is -2.05. The van der Waals surface area contributed by atoms with Crippen molar-refractivity contribution in [3.8, 4) is 0 Å². The minimum atomic E-state index is -0.516. The number of nitrogen functional groups attached to an aromatic ring is 1. The van der Waals surface area contributed by atoms with Crippen LogP contribution in [-0.2, 0) is 16.1 Å². The predicted octanol–water partition coefficient (Wildman–Crippen LogP) is 0.961. The number of hydrogen-bond acceptors (Lipinski definition) is 5. The Labute approximate surface area is 124 Å². The molecule has 0 saturated carbocycles. The Morgan fingerprint density at radius 2 is 2.14 bits per heavy atom. The number of nitrogens with two attached hydrogens (primary N) is 1. The van der Waals surface area contributed by atoms with Gasteiger partial charge < -0.3 is 15.4 Å². The van der Waals surface area contributed by atoms with Crippen LogP contribution in [0.5, 0.6) is 0 Å². The van der Waals surface area contributed by atoms with E-state index in [4.69, 9.17) is 10.5 Å². The van der Waals surface area contributed by atoms with Gasteiger partial charge in [-0.2, -0.15) is 5.10 Å². The molecule has 1 aliphatic rings. The summed E-state index contributed by atoms with van der Waals surface area (Å²) in [6.07, 6.45) is 1.41. The highest BCUT2D eigenvalue weighted by Gasteiger charge is 2.37. The number of amides is 1. The van der Waals surface area contributed by atoms with E-state index in [0.717, 1.165) is 6.42 Å². The molecule has 1 unspecified atom stereocenters. The molecule has 7 heteroatoms. The second-order valence-electron chi connectivity index (χ2n) is 5.07. The van der Waals surface area contributed by atoms with Crippen molar-refractivity contribution in [3.05, 3.63) is 11.4 Å². The molecular formula is C14H22N4O3. The molecule has 7 nitrogen and oxygen atoms in total. The Balaban J connectivity index is 2.29. The van der Waals surface area contributed by atoms with E-state index in [1.807, 2.05) is 6.92 Å². The van der Waals surface area contributed by atoms with Crippen LogP contribution < -0.4 is 5.73 Å². The maximum Gasteiger partial charge on any atom is 0.328 e. The van der Waals surface area contributed by atoms with Crippen LogP contribution in [0.1, 0.15) is 42.9 Å². The van der Waals surface area contributed by atoms with Crippen LogP contribution in [-0.4, -0.2) is 45.8 Å². The number of carbonyl (C=O) groups excluding carboxylic acids is 2. The summed E-state index contributed by atoms with van der Waals surface area (Å²) in [7, 11) is 0. The predicted molar refractivity (Wildman–Crippen MR) is 77.7 cm³/mol. The lowest BCUT2D eigenvalue weighted by molar-refractivity contribution is -0.147. The lowest BCUT2D eigenvalue weighted by Crippen LogP contribution is -2.42. The number of rotatable bonds is 4. The van der Waals surface area contributed by atoms with E-state index in [0.29, 0.717) is 43.2 Å². The molecule has 116 valence electrons. The summed E-state index contributed by atoms with van der Waals surface area (Å²) in [5.41, 5.74) is 7.36. The smallest absolute Gasteiger partial charge is 0.328 e. The molecule has 0 aliphatic carbocycles. The van der Waals surface area contributed by atoms with Crippen LogP contribution in [0.15, 0.2) is 0 Å². The Kier molecular flexibility index (Phi) is 4.50. The molecule has 0 aromatic carbocycles. The van der Waals surface area contributed by atoms with Crippen LogP contribution in [0.3, 0.4) is 0 Å². The average Bonchev–Trinajstić information content (AvgIpc) is 3.04. The van der Waals surface area contributed by atoms with Gasteiger partial charge in [0.1, 0.15) is 11.7 Å². The quantitative estimate of drug-likeness (QED) is 0.835. The zero-order chi connectivity index (χ0) is 15.6. The molecular weight excluding hydrogens is 272 g/mol. The van der Waals surface area contributed by atoms with E-state index in [2.05, 4.69) is 5.10 Å². The number of ether oxygens (including phenoxy) is 1. The topological polar surface area (TPSA) is 90.4 Å². The first-order chi connectivity index (χ1) is 10.0. The number of nitrogens with zero attached hydrogens (tertiary/aromatic N) is 3. The number of esters is 1. The minimum Gasteiger partial charge on any atom is -0.464 e. The fourth-order valence-corrected chi connectivity index (χ4v) is 2.68. The molecule has 2 N–H and O–H groups in total. The Bertz CT molecular complexity index is 553. The van der Waals surface area contributed by atoms with Gasteiger partial charge in [0.05, 0.1) is 18.0 Å². The van der Waals surface area contributed by atoms with Crippen molar-refractivity contribution >= 4 is 17.6 Å². The molecule has 0 radical (unpaired) electrons. The average molecular weight is 294 g/mol. The third-order valence-electron chi connectivity index (χ3n) is 3.75. The van der Waals surface area contributed by atoms with Gasteiger partial charge in [-0.15, -0.1) is 0 Å². The monoisotopic (exact) mass is 294 g/mol. The van der Waals surface area contributed by atoms with E-state index in [1.165, 1.54) is 0 Å². The van der Waals surface area contributed by atoms with E-state index >= 15 is 0 Å². The van der Waals surface area contributed by atoms with Crippen molar-refractivity contribution < 1.29 is 14.3 Å². The molecule has 0 spiro atoms. The summed E-state index contributed by atoms with van der Waals surface area (Å²) in [5, 5.41) is 4.26. The molecule has 1 aromatic rings. The van der Waals surface area contributed by atoms with Gasteiger partial charge in [0.15, 0.2) is 0 Å². The molecule has 1 atom stereocenters. The van der Waals surface area contributed by atoms with Crippen molar-refractivity contribution in [3.63, 3.8) is 0 Å². The van der Waals surface area contributed by atoms with Gasteiger partial charge in [-0.25, -0.2) is 4.79 Å². The van der Waals surface area contributed by atoms with Crippen LogP contribution in [0, 0.1) is 6.92 Å². The maximum atomic E-state index is 12.8. The maximum absolute atomic E-state index is 12.8. The first-order valence-corrected chi connectivity index (χ1v) is 7.31. The van der Waals surface area contributed by atoms with Gasteiger partial charge in [-0.3, -0.25) is 9.48 Å². The molecule has 2 heterocycles. The van der Waals surface area contributed by atoms with Gasteiger partial charge in [0.2, 0.25) is 0 Å². The Morgan fingerprint density at radius 1 is 1.43 bits per heavy atom. The molecule has 1 aromatic heterocycles. The van der Waals surface area contributed by atoms with Crippen LogP contribution in [0.25, 0.3) is 0 Å². The summed E-state index contributed by atoms with van der Waals surface area (Å²) in [6.45, 7) is 6.82. The second-order valence-corrected chi connectivity index (χ2v) is 5.07. The van der Waals surface area contributed by atoms with Crippen LogP contribution in [0.4, 0.5) is 5.69 Å². The van der Waals surface area contributed by atoms with Crippen molar-refractivity contribution in [1.82, 2.24) is 14.7 Å². The molecule has 0 bridgehead atoms. The molecule has 2 rings (SSSR count). The van der Waals surface area contributed by atoms with Gasteiger partial charge in [0.25, 0.3) is 5.91 Å². The summed E-state index contributed by atoms with van der Waals surface area (Å²) in [5.74, 6) is -0.591. The number of carbonyl (C=O) groups is 2. The van der Waals surface area contributed by atoms with Crippen LogP contribution in [0.2, 0.25) is 0 Å². The first kappa shape index (κ1) is 15.3. The van der Waals surface area contributed by atoms with E-state index in [9.17, 15) is 9.59 Å². The molecule has 1 amide bonds. The summed E-state index contributed by atoms with van der Waals surface area (Å²) in [6, 6.07) is -0.516. The highest BCUT2D eigenvalue weighted by atomic mass is 16.5. The zero-order valence-corrected chi connectivity index (χ0v) is 12.8. The second kappa shape index (κ2) is 6.15. The molecule has 1 aliphatic heterocycles. The number of likely N-dealkylation sites (tertiary alicyclic amines) is 1. The van der Waals surface area contributed by atoms with Crippen LogP contribution >= 0.6 is 0 Å². The zero-order valence-electron chi connectivity index (χ0n) is 12.8. The normalized spacial score (nSPS) is 18.0. The molecule has 21 heavy (non-hydrogen) atoms. The highest BCUT2D eigenvalue weighted by molar-refractivity contribution is 6.00. The van der Waals surface area contributed by atoms with E-state index in [-0.39, 0.29) is 11.9 Å². The fourth-order valence-electron chi connectivity index (χ4n) is 2.68. The van der Waals surface area contributed by atoms with E-state index < -0.39 is 6.04 Å². The lowest BCUT2D eigenvalue weighted by atomic mass is 10.2. The van der Waals surface area contributed by atoms with Crippen molar-refractivity contribution in [2.24, 2.45) is 0 Å². The third-order valence-corrected chi connectivity index (χ3v) is 3.75. The number of aryl methyl sites for hydroxylation is 2. The highest BCUT2D eigenvalue weighted by Crippen LogP contribution is 2.25. The SMILES string of the molecule is CCOC(=O)C1CCCN1C(=O)c1c(N)c(C)nn1CC. The fraction of sp³-hybridized carbons (Fsp3) is 0.643. The van der Waals surface area contributed by atoms with Gasteiger partial charge in [0, 0.05) is 13.1 Å². The molecule has 1 fully saturated rings. The van der Waals surface area contributed by atoms with Gasteiger partial charge >= 0.3 is 5.97 Å². The van der Waals surface area contributed by atoms with Gasteiger partial charge in [-0.1, -0.05) is 0 Å². The van der Waals surface area contributed by atoms with Crippen molar-refractivity contribution in [2.75, 3.05) is 18.9 Å². The minimum absolute atomic E-state index is 0.245. The van der Waals surface area contributed by atoms with Gasteiger partial charge in [-0.05, 0) is 33.6 Å².